The summed E-state index contributed by atoms with van der Waals surface area (Å²) in [7, 11) is 0. The van der Waals surface area contributed by atoms with Gasteiger partial charge in [0.25, 0.3) is 5.56 Å². The Hall–Kier alpha value is -2.79. The van der Waals surface area contributed by atoms with Gasteiger partial charge < -0.3 is 24.1 Å². The highest BCUT2D eigenvalue weighted by Crippen LogP contribution is 2.30. The van der Waals surface area contributed by atoms with E-state index in [-0.39, 0.29) is 19.4 Å². The van der Waals surface area contributed by atoms with Gasteiger partial charge in [-0.2, -0.15) is 0 Å². The zero-order valence-electron chi connectivity index (χ0n) is 13.8. The van der Waals surface area contributed by atoms with Gasteiger partial charge in [0.2, 0.25) is 0 Å². The molecular weight excluding hydrogens is 352 g/mol. The lowest BCUT2D eigenvalue weighted by Crippen LogP contribution is -2.40. The van der Waals surface area contributed by atoms with Crippen molar-refractivity contribution >= 4 is 18.2 Å². The van der Waals surface area contributed by atoms with E-state index in [0.717, 1.165) is 23.8 Å². The van der Waals surface area contributed by atoms with Crippen LogP contribution in [0.5, 0.6) is 0 Å². The maximum atomic E-state index is 11.9. The minimum atomic E-state index is -1.44. The smallest absolute Gasteiger partial charge is 0.330 e. The number of carbonyl (C=O) groups is 3. The number of aliphatic hydroxyl groups is 1. The summed E-state index contributed by atoms with van der Waals surface area (Å²) in [6.45, 7) is 0.765. The first kappa shape index (κ1) is 19.5. The molecule has 0 amide bonds. The summed E-state index contributed by atoms with van der Waals surface area (Å²) in [6, 6.07) is 1.06. The van der Waals surface area contributed by atoms with Gasteiger partial charge in [-0.1, -0.05) is 0 Å². The Kier molecular flexibility index (Phi) is 6.41. The molecule has 4 atom stereocenters. The quantitative estimate of drug-likeness (QED) is 0.420. The third kappa shape index (κ3) is 4.64. The van der Waals surface area contributed by atoms with Gasteiger partial charge in [0.1, 0.15) is 25.1 Å². The van der Waals surface area contributed by atoms with Crippen LogP contribution in [0.15, 0.2) is 21.9 Å². The molecule has 2 N–H and O–H groups in total. The van der Waals surface area contributed by atoms with Crippen LogP contribution in [0.25, 0.3) is 0 Å². The summed E-state index contributed by atoms with van der Waals surface area (Å²) in [4.78, 5) is 58.1. The standard InChI is InChI=1S/C15H18N2O9/c1-8(19)25-13-9(7-24-11(21)3-2-6-18)26-14(12(13)22)17-5-4-10(20)16-15(17)23/h4-6,9,12-14,22H,2-3,7H2,1H3,(H,16,20,23)/t9-,12?,13?,14-/m1/s1. The Labute approximate surface area is 146 Å². The van der Waals surface area contributed by atoms with Gasteiger partial charge in [0.15, 0.2) is 12.3 Å². The SMILES string of the molecule is CC(=O)OC1C(O)[C@H](n2ccc(=O)[nH]c2=O)O[C@@H]1COC(=O)CCC=O. The van der Waals surface area contributed by atoms with E-state index in [2.05, 4.69) is 0 Å². The molecule has 0 bridgehead atoms. The molecular formula is C15H18N2O9. The molecule has 0 aromatic carbocycles. The van der Waals surface area contributed by atoms with Crippen molar-refractivity contribution in [2.75, 3.05) is 6.61 Å². The van der Waals surface area contributed by atoms with Gasteiger partial charge in [0, 0.05) is 25.6 Å². The molecule has 1 aromatic heterocycles. The summed E-state index contributed by atoms with van der Waals surface area (Å²) in [5.41, 5.74) is -1.46. The van der Waals surface area contributed by atoms with Crippen molar-refractivity contribution in [2.45, 2.75) is 44.3 Å². The highest BCUT2D eigenvalue weighted by Gasteiger charge is 2.47. The number of ether oxygens (including phenoxy) is 3. The first-order valence-corrected chi connectivity index (χ1v) is 7.75. The van der Waals surface area contributed by atoms with Crippen LogP contribution < -0.4 is 11.2 Å². The van der Waals surface area contributed by atoms with Crippen LogP contribution in [-0.2, 0) is 28.6 Å². The number of nitrogens with one attached hydrogen (secondary N) is 1. The predicted octanol–water partition coefficient (Wildman–Crippen LogP) is -1.75. The topological polar surface area (TPSA) is 154 Å². The van der Waals surface area contributed by atoms with Gasteiger partial charge >= 0.3 is 17.6 Å². The monoisotopic (exact) mass is 370 g/mol. The summed E-state index contributed by atoms with van der Waals surface area (Å²) in [5, 5.41) is 10.4. The van der Waals surface area contributed by atoms with Crippen molar-refractivity contribution in [1.82, 2.24) is 9.55 Å². The number of carbonyl (C=O) groups excluding carboxylic acids is 3. The van der Waals surface area contributed by atoms with Gasteiger partial charge in [-0.3, -0.25) is 23.9 Å². The van der Waals surface area contributed by atoms with Crippen LogP contribution >= 0.6 is 0 Å². The lowest BCUT2D eigenvalue weighted by Gasteiger charge is -2.19. The fourth-order valence-electron chi connectivity index (χ4n) is 2.47. The number of aromatic nitrogens is 2. The number of aldehydes is 1. The maximum Gasteiger partial charge on any atom is 0.330 e. The number of hydrogen-bond donors (Lipinski definition) is 2. The van der Waals surface area contributed by atoms with Gasteiger partial charge in [-0.05, 0) is 0 Å². The predicted molar refractivity (Wildman–Crippen MR) is 83.1 cm³/mol. The molecule has 11 nitrogen and oxygen atoms in total. The minimum Gasteiger partial charge on any atom is -0.463 e. The van der Waals surface area contributed by atoms with E-state index in [4.69, 9.17) is 14.2 Å². The number of nitrogens with zero attached hydrogens (tertiary/aromatic N) is 1. The molecule has 11 heteroatoms. The summed E-state index contributed by atoms with van der Waals surface area (Å²) in [5.74, 6) is -1.37. The molecule has 0 spiro atoms. The van der Waals surface area contributed by atoms with E-state index in [0.29, 0.717) is 6.29 Å². The second-order valence-electron chi connectivity index (χ2n) is 5.54. The summed E-state index contributed by atoms with van der Waals surface area (Å²) >= 11 is 0. The molecule has 1 saturated heterocycles. The van der Waals surface area contributed by atoms with Crippen molar-refractivity contribution in [3.05, 3.63) is 33.1 Å². The number of hydrogen-bond acceptors (Lipinski definition) is 9. The lowest BCUT2D eigenvalue weighted by atomic mass is 10.1. The lowest BCUT2D eigenvalue weighted by molar-refractivity contribution is -0.158. The Morgan fingerprint density at radius 2 is 2.15 bits per heavy atom. The number of esters is 2. The molecule has 2 unspecified atom stereocenters. The Morgan fingerprint density at radius 3 is 2.77 bits per heavy atom. The first-order chi connectivity index (χ1) is 12.3. The van der Waals surface area contributed by atoms with Crippen molar-refractivity contribution in [3.63, 3.8) is 0 Å². The van der Waals surface area contributed by atoms with E-state index < -0.39 is 47.7 Å². The second kappa shape index (κ2) is 8.54. The maximum absolute atomic E-state index is 11.9. The molecule has 1 aromatic rings. The molecule has 2 rings (SSSR count). The zero-order valence-corrected chi connectivity index (χ0v) is 13.8. The van der Waals surface area contributed by atoms with E-state index in [1.54, 1.807) is 0 Å². The third-order valence-corrected chi connectivity index (χ3v) is 3.61. The Morgan fingerprint density at radius 1 is 1.42 bits per heavy atom. The van der Waals surface area contributed by atoms with Crippen molar-refractivity contribution in [3.8, 4) is 0 Å². The fraction of sp³-hybridized carbons (Fsp3) is 0.533. The van der Waals surface area contributed by atoms with Gasteiger partial charge in [-0.15, -0.1) is 0 Å². The van der Waals surface area contributed by atoms with E-state index in [1.807, 2.05) is 4.98 Å². The highest BCUT2D eigenvalue weighted by atomic mass is 16.6. The molecule has 0 aliphatic carbocycles. The average Bonchev–Trinajstić information content (AvgIpc) is 2.87. The van der Waals surface area contributed by atoms with Crippen molar-refractivity contribution < 1.29 is 33.7 Å². The van der Waals surface area contributed by atoms with Gasteiger partial charge in [-0.25, -0.2) is 4.79 Å². The molecule has 1 aliphatic rings. The molecule has 26 heavy (non-hydrogen) atoms. The second-order valence-corrected chi connectivity index (χ2v) is 5.54. The Balaban J connectivity index is 2.16. The molecule has 1 fully saturated rings. The molecule has 142 valence electrons. The molecule has 0 saturated carbocycles. The van der Waals surface area contributed by atoms with Crippen molar-refractivity contribution in [2.24, 2.45) is 0 Å². The Bertz CT molecular complexity index is 784. The van der Waals surface area contributed by atoms with Gasteiger partial charge in [0.05, 0.1) is 6.42 Å². The van der Waals surface area contributed by atoms with Crippen LogP contribution in [-0.4, -0.2) is 57.8 Å². The average molecular weight is 370 g/mol. The minimum absolute atomic E-state index is 0.00421. The molecule has 1 aliphatic heterocycles. The van der Waals surface area contributed by atoms with E-state index >= 15 is 0 Å². The van der Waals surface area contributed by atoms with Crippen LogP contribution in [0, 0.1) is 0 Å². The van der Waals surface area contributed by atoms with E-state index in [1.165, 1.54) is 0 Å². The van der Waals surface area contributed by atoms with E-state index in [9.17, 15) is 29.1 Å². The summed E-state index contributed by atoms with van der Waals surface area (Å²) in [6.07, 6.45) is -3.39. The third-order valence-electron chi connectivity index (χ3n) is 3.61. The number of H-pyrrole nitrogens is 1. The molecule has 2 heterocycles. The largest absolute Gasteiger partial charge is 0.463 e. The highest BCUT2D eigenvalue weighted by molar-refractivity contribution is 5.72. The van der Waals surface area contributed by atoms with Crippen LogP contribution in [0.1, 0.15) is 26.0 Å². The van der Waals surface area contributed by atoms with Crippen LogP contribution in [0.4, 0.5) is 0 Å². The van der Waals surface area contributed by atoms with Crippen LogP contribution in [0.2, 0.25) is 0 Å². The molecule has 0 radical (unpaired) electrons. The number of aromatic amines is 1. The van der Waals surface area contributed by atoms with Crippen molar-refractivity contribution in [1.29, 1.82) is 0 Å². The number of rotatable bonds is 7. The fourth-order valence-corrected chi connectivity index (χ4v) is 2.47. The normalized spacial score (nSPS) is 24.8. The zero-order chi connectivity index (χ0) is 19.3. The first-order valence-electron chi connectivity index (χ1n) is 7.75. The summed E-state index contributed by atoms with van der Waals surface area (Å²) < 4.78 is 16.4. The van der Waals surface area contributed by atoms with Crippen LogP contribution in [0.3, 0.4) is 0 Å². The number of aliphatic hydroxyl groups excluding tert-OH is 1.